The number of aromatic nitrogens is 3. The Morgan fingerprint density at radius 2 is 1.79 bits per heavy atom. The number of amides is 1. The molecular formula is C21H31N5OS. The van der Waals surface area contributed by atoms with Gasteiger partial charge in [0.1, 0.15) is 5.82 Å². The van der Waals surface area contributed by atoms with Crippen LogP contribution in [0.1, 0.15) is 51.4 Å². The summed E-state index contributed by atoms with van der Waals surface area (Å²) in [5.41, 5.74) is 0.984. The summed E-state index contributed by atoms with van der Waals surface area (Å²) in [4.78, 5) is 14.7. The predicted octanol–water partition coefficient (Wildman–Crippen LogP) is 3.32. The molecule has 0 aliphatic carbocycles. The van der Waals surface area contributed by atoms with E-state index >= 15 is 0 Å². The van der Waals surface area contributed by atoms with Crippen LogP contribution in [-0.4, -0.2) is 50.0 Å². The van der Waals surface area contributed by atoms with Crippen molar-refractivity contribution in [3.63, 3.8) is 0 Å². The number of piperidine rings is 1. The lowest BCUT2D eigenvalue weighted by molar-refractivity contribution is -0.119. The first kappa shape index (κ1) is 20.9. The third kappa shape index (κ3) is 6.34. The van der Waals surface area contributed by atoms with Crippen LogP contribution < -0.4 is 5.32 Å². The Hall–Kier alpha value is -1.86. The van der Waals surface area contributed by atoms with Gasteiger partial charge in [0.05, 0.1) is 18.8 Å². The van der Waals surface area contributed by atoms with E-state index < -0.39 is 0 Å². The second-order valence-electron chi connectivity index (χ2n) is 8.39. The molecule has 152 valence electrons. The number of hydrogen-bond donors (Lipinski definition) is 1. The van der Waals surface area contributed by atoms with Crippen LogP contribution in [0.25, 0.3) is 0 Å². The molecule has 1 aliphatic rings. The van der Waals surface area contributed by atoms with Crippen LogP contribution in [0.2, 0.25) is 0 Å². The molecule has 1 aromatic heterocycles. The fraction of sp³-hybridized carbons (Fsp3) is 0.571. The molecule has 28 heavy (non-hydrogen) atoms. The van der Waals surface area contributed by atoms with Crippen molar-refractivity contribution in [2.45, 2.75) is 63.8 Å². The van der Waals surface area contributed by atoms with Gasteiger partial charge in [-0.3, -0.25) is 9.69 Å². The van der Waals surface area contributed by atoms with E-state index in [-0.39, 0.29) is 11.4 Å². The number of nitrogens with one attached hydrogen (secondary N) is 1. The first-order valence-corrected chi connectivity index (χ1v) is 11.0. The van der Waals surface area contributed by atoms with Gasteiger partial charge in [-0.1, -0.05) is 48.5 Å². The lowest BCUT2D eigenvalue weighted by Crippen LogP contribution is -2.41. The average molecular weight is 402 g/mol. The van der Waals surface area contributed by atoms with Crippen molar-refractivity contribution in [2.24, 2.45) is 0 Å². The van der Waals surface area contributed by atoms with E-state index in [1.807, 2.05) is 39.0 Å². The summed E-state index contributed by atoms with van der Waals surface area (Å²) in [6.07, 6.45) is 3.82. The molecule has 0 spiro atoms. The van der Waals surface area contributed by atoms with Crippen molar-refractivity contribution in [1.82, 2.24) is 25.0 Å². The van der Waals surface area contributed by atoms with E-state index in [1.165, 1.54) is 36.6 Å². The van der Waals surface area contributed by atoms with E-state index in [1.54, 1.807) is 0 Å². The number of nitrogens with zero attached hydrogens (tertiary/aromatic N) is 4. The van der Waals surface area contributed by atoms with Crippen LogP contribution in [0.3, 0.4) is 0 Å². The second-order valence-corrected chi connectivity index (χ2v) is 9.34. The molecule has 1 amide bonds. The van der Waals surface area contributed by atoms with Crippen LogP contribution in [0.4, 0.5) is 0 Å². The standard InChI is InChI=1S/C21H31N5OS/c1-21(2,3)22-19(27)16-28-20-24-23-18(15-25-12-8-5-9-13-25)26(20)14-17-10-6-4-7-11-17/h4,6-7,10-11H,5,8-9,12-16H2,1-3H3,(H,22,27). The zero-order valence-corrected chi connectivity index (χ0v) is 18.0. The van der Waals surface area contributed by atoms with Gasteiger partial charge in [0, 0.05) is 5.54 Å². The molecule has 0 bridgehead atoms. The minimum Gasteiger partial charge on any atom is -0.351 e. The van der Waals surface area contributed by atoms with Crippen molar-refractivity contribution in [1.29, 1.82) is 0 Å². The monoisotopic (exact) mass is 401 g/mol. The van der Waals surface area contributed by atoms with Gasteiger partial charge in [-0.25, -0.2) is 0 Å². The first-order valence-electron chi connectivity index (χ1n) is 10.0. The number of hydrogen-bond acceptors (Lipinski definition) is 5. The van der Waals surface area contributed by atoms with Crippen LogP contribution in [-0.2, 0) is 17.9 Å². The molecule has 1 N–H and O–H groups in total. The molecule has 0 unspecified atom stereocenters. The lowest BCUT2D eigenvalue weighted by atomic mass is 10.1. The van der Waals surface area contributed by atoms with Crippen LogP contribution in [0, 0.1) is 0 Å². The molecule has 3 rings (SSSR count). The Bertz CT molecular complexity index is 763. The largest absolute Gasteiger partial charge is 0.351 e. The van der Waals surface area contributed by atoms with Crippen molar-refractivity contribution in [3.8, 4) is 0 Å². The highest BCUT2D eigenvalue weighted by Crippen LogP contribution is 2.21. The molecule has 1 saturated heterocycles. The number of likely N-dealkylation sites (tertiary alicyclic amines) is 1. The molecule has 2 aromatic rings. The Labute approximate surface area is 172 Å². The van der Waals surface area contributed by atoms with Crippen molar-refractivity contribution in [3.05, 3.63) is 41.7 Å². The maximum Gasteiger partial charge on any atom is 0.230 e. The molecule has 6 nitrogen and oxygen atoms in total. The molecule has 2 heterocycles. The van der Waals surface area contributed by atoms with Crippen molar-refractivity contribution >= 4 is 17.7 Å². The molecular weight excluding hydrogens is 370 g/mol. The van der Waals surface area contributed by atoms with E-state index in [0.717, 1.165) is 37.2 Å². The van der Waals surface area contributed by atoms with Crippen LogP contribution in [0.15, 0.2) is 35.5 Å². The third-order valence-electron chi connectivity index (χ3n) is 4.64. The van der Waals surface area contributed by atoms with E-state index in [9.17, 15) is 4.79 Å². The van der Waals surface area contributed by atoms with E-state index in [0.29, 0.717) is 5.75 Å². The number of thioether (sulfide) groups is 1. The van der Waals surface area contributed by atoms with Gasteiger partial charge in [-0.05, 0) is 52.3 Å². The molecule has 7 heteroatoms. The van der Waals surface area contributed by atoms with Gasteiger partial charge >= 0.3 is 0 Å². The van der Waals surface area contributed by atoms with Gasteiger partial charge < -0.3 is 9.88 Å². The predicted molar refractivity (Wildman–Crippen MR) is 113 cm³/mol. The lowest BCUT2D eigenvalue weighted by Gasteiger charge is -2.26. The number of carbonyl (C=O) groups excluding carboxylic acids is 1. The summed E-state index contributed by atoms with van der Waals surface area (Å²) in [5, 5.41) is 12.7. The Morgan fingerprint density at radius 1 is 1.07 bits per heavy atom. The Kier molecular flexibility index (Phi) is 7.13. The zero-order valence-electron chi connectivity index (χ0n) is 17.1. The third-order valence-corrected chi connectivity index (χ3v) is 5.60. The molecule has 0 saturated carbocycles. The highest BCUT2D eigenvalue weighted by Gasteiger charge is 2.20. The highest BCUT2D eigenvalue weighted by molar-refractivity contribution is 7.99. The minimum atomic E-state index is -0.227. The summed E-state index contributed by atoms with van der Waals surface area (Å²) in [5.74, 6) is 1.34. The first-order chi connectivity index (χ1) is 13.4. The number of rotatable bonds is 7. The maximum atomic E-state index is 12.2. The fourth-order valence-electron chi connectivity index (χ4n) is 3.37. The summed E-state index contributed by atoms with van der Waals surface area (Å²) in [6.45, 7) is 9.75. The normalized spacial score (nSPS) is 15.5. The number of benzene rings is 1. The average Bonchev–Trinajstić information content (AvgIpc) is 3.02. The topological polar surface area (TPSA) is 63.1 Å². The second kappa shape index (κ2) is 9.56. The SMILES string of the molecule is CC(C)(C)NC(=O)CSc1nnc(CN2CCCCC2)n1Cc1ccccc1. The zero-order chi connectivity index (χ0) is 20.0. The van der Waals surface area contributed by atoms with Crippen molar-refractivity contribution in [2.75, 3.05) is 18.8 Å². The van der Waals surface area contributed by atoms with E-state index in [2.05, 4.69) is 37.1 Å². The number of carbonyl (C=O) groups is 1. The van der Waals surface area contributed by atoms with Crippen LogP contribution >= 0.6 is 11.8 Å². The molecule has 1 aromatic carbocycles. The van der Waals surface area contributed by atoms with E-state index in [4.69, 9.17) is 0 Å². The highest BCUT2D eigenvalue weighted by atomic mass is 32.2. The van der Waals surface area contributed by atoms with Gasteiger partial charge in [0.25, 0.3) is 0 Å². The van der Waals surface area contributed by atoms with Crippen LogP contribution in [0.5, 0.6) is 0 Å². The maximum absolute atomic E-state index is 12.2. The summed E-state index contributed by atoms with van der Waals surface area (Å²) in [7, 11) is 0. The fourth-order valence-corrected chi connectivity index (χ4v) is 4.13. The summed E-state index contributed by atoms with van der Waals surface area (Å²) >= 11 is 1.46. The minimum absolute atomic E-state index is 0.0179. The van der Waals surface area contributed by atoms with Gasteiger partial charge in [0.2, 0.25) is 5.91 Å². The van der Waals surface area contributed by atoms with Gasteiger partial charge in [-0.15, -0.1) is 10.2 Å². The van der Waals surface area contributed by atoms with Gasteiger partial charge in [-0.2, -0.15) is 0 Å². The smallest absolute Gasteiger partial charge is 0.230 e. The van der Waals surface area contributed by atoms with Crippen molar-refractivity contribution < 1.29 is 4.79 Å². The Balaban J connectivity index is 1.73. The Morgan fingerprint density at radius 3 is 2.46 bits per heavy atom. The quantitative estimate of drug-likeness (QED) is 0.721. The molecule has 0 atom stereocenters. The molecule has 1 aliphatic heterocycles. The molecule has 1 fully saturated rings. The summed E-state index contributed by atoms with van der Waals surface area (Å²) in [6, 6.07) is 10.4. The summed E-state index contributed by atoms with van der Waals surface area (Å²) < 4.78 is 2.17. The molecule has 0 radical (unpaired) electrons. The van der Waals surface area contributed by atoms with Gasteiger partial charge in [0.15, 0.2) is 5.16 Å².